The number of fused-ring (bicyclic) bond motifs is 1. The van der Waals surface area contributed by atoms with Gasteiger partial charge in [-0.15, -0.1) is 0 Å². The van der Waals surface area contributed by atoms with Gasteiger partial charge in [0.2, 0.25) is 0 Å². The topological polar surface area (TPSA) is 64.2 Å². The molecule has 3 heterocycles. The van der Waals surface area contributed by atoms with Crippen LogP contribution in [0.3, 0.4) is 0 Å². The van der Waals surface area contributed by atoms with Crippen LogP contribution < -0.4 is 5.32 Å². The number of hydrogen-bond acceptors (Lipinski definition) is 3. The molecule has 0 saturated heterocycles. The summed E-state index contributed by atoms with van der Waals surface area (Å²) in [5.74, 6) is -0.113. The lowest BCUT2D eigenvalue weighted by molar-refractivity contribution is 0.0946. The average molecular weight is 311 g/mol. The fourth-order valence-electron chi connectivity index (χ4n) is 2.92. The number of aryl methyl sites for hydroxylation is 2. The molecule has 3 aromatic rings. The lowest BCUT2D eigenvalue weighted by Crippen LogP contribution is -2.27. The highest BCUT2D eigenvalue weighted by Gasteiger charge is 2.13. The Morgan fingerprint density at radius 1 is 1.26 bits per heavy atom. The monoisotopic (exact) mass is 311 g/mol. The molecule has 0 unspecified atom stereocenters. The van der Waals surface area contributed by atoms with Gasteiger partial charge in [-0.1, -0.05) is 6.07 Å². The summed E-state index contributed by atoms with van der Waals surface area (Å²) >= 11 is 0. The zero-order chi connectivity index (χ0) is 16.4. The van der Waals surface area contributed by atoms with Crippen LogP contribution in [-0.4, -0.2) is 31.8 Å². The molecule has 3 rings (SSSR count). The summed E-state index contributed by atoms with van der Waals surface area (Å²) in [7, 11) is 0. The molecular weight excluding hydrogens is 290 g/mol. The minimum Gasteiger partial charge on any atom is -0.350 e. The van der Waals surface area contributed by atoms with Crippen molar-refractivity contribution < 1.29 is 4.79 Å². The third-order valence-corrected chi connectivity index (χ3v) is 4.15. The SMILES string of the molecule is CCn1nc(C)c(CCNC(=O)c2cccc3ccnn23)c1C. The molecule has 120 valence electrons. The largest absolute Gasteiger partial charge is 0.350 e. The molecule has 0 aliphatic heterocycles. The summed E-state index contributed by atoms with van der Waals surface area (Å²) in [5.41, 5.74) is 4.88. The highest BCUT2D eigenvalue weighted by molar-refractivity contribution is 5.93. The van der Waals surface area contributed by atoms with Crippen molar-refractivity contribution in [3.63, 3.8) is 0 Å². The number of amides is 1. The molecule has 0 radical (unpaired) electrons. The van der Waals surface area contributed by atoms with Crippen molar-refractivity contribution >= 4 is 11.4 Å². The molecule has 0 spiro atoms. The summed E-state index contributed by atoms with van der Waals surface area (Å²) in [4.78, 5) is 12.4. The summed E-state index contributed by atoms with van der Waals surface area (Å²) in [6.45, 7) is 7.61. The van der Waals surface area contributed by atoms with Crippen LogP contribution in [0.4, 0.5) is 0 Å². The van der Waals surface area contributed by atoms with E-state index in [2.05, 4.69) is 29.4 Å². The van der Waals surface area contributed by atoms with Crippen LogP contribution >= 0.6 is 0 Å². The quantitative estimate of drug-likeness (QED) is 0.785. The maximum Gasteiger partial charge on any atom is 0.269 e. The number of nitrogens with one attached hydrogen (secondary N) is 1. The molecule has 0 aliphatic carbocycles. The van der Waals surface area contributed by atoms with E-state index in [4.69, 9.17) is 0 Å². The molecule has 0 saturated carbocycles. The molecule has 0 aliphatic rings. The Labute approximate surface area is 135 Å². The molecule has 0 atom stereocenters. The molecule has 1 N–H and O–H groups in total. The Kier molecular flexibility index (Phi) is 4.14. The molecular formula is C17H21N5O. The third kappa shape index (κ3) is 2.84. The van der Waals surface area contributed by atoms with Gasteiger partial charge in [0.25, 0.3) is 5.91 Å². The van der Waals surface area contributed by atoms with Crippen molar-refractivity contribution in [1.82, 2.24) is 24.7 Å². The van der Waals surface area contributed by atoms with E-state index < -0.39 is 0 Å². The minimum absolute atomic E-state index is 0.113. The molecule has 0 fully saturated rings. The molecule has 6 heteroatoms. The summed E-state index contributed by atoms with van der Waals surface area (Å²) < 4.78 is 3.65. The van der Waals surface area contributed by atoms with Crippen LogP contribution in [0.15, 0.2) is 30.5 Å². The number of nitrogens with zero attached hydrogens (tertiary/aromatic N) is 4. The van der Waals surface area contributed by atoms with Gasteiger partial charge in [0.1, 0.15) is 5.69 Å². The maximum atomic E-state index is 12.4. The Morgan fingerprint density at radius 2 is 2.09 bits per heavy atom. The molecule has 6 nitrogen and oxygen atoms in total. The second kappa shape index (κ2) is 6.24. The molecule has 23 heavy (non-hydrogen) atoms. The molecule has 3 aromatic heterocycles. The number of carbonyl (C=O) groups is 1. The predicted octanol–water partition coefficient (Wildman–Crippen LogP) is 2.14. The average Bonchev–Trinajstić information content (AvgIpc) is 3.13. The van der Waals surface area contributed by atoms with Gasteiger partial charge in [0.15, 0.2) is 0 Å². The van der Waals surface area contributed by atoms with E-state index in [9.17, 15) is 4.79 Å². The number of pyridine rings is 1. The normalized spacial score (nSPS) is 11.1. The number of carbonyl (C=O) groups excluding carboxylic acids is 1. The van der Waals surface area contributed by atoms with Gasteiger partial charge in [-0.2, -0.15) is 10.2 Å². The van der Waals surface area contributed by atoms with Gasteiger partial charge in [0.05, 0.1) is 17.4 Å². The van der Waals surface area contributed by atoms with Gasteiger partial charge in [-0.25, -0.2) is 4.52 Å². The Balaban J connectivity index is 1.68. The van der Waals surface area contributed by atoms with Crippen LogP contribution in [0.1, 0.15) is 34.4 Å². The minimum atomic E-state index is -0.113. The van der Waals surface area contributed by atoms with Crippen molar-refractivity contribution in [2.24, 2.45) is 0 Å². The number of aromatic nitrogens is 4. The van der Waals surface area contributed by atoms with E-state index in [0.29, 0.717) is 12.2 Å². The van der Waals surface area contributed by atoms with Gasteiger partial charge >= 0.3 is 0 Å². The lowest BCUT2D eigenvalue weighted by Gasteiger charge is -2.07. The molecule has 0 bridgehead atoms. The van der Waals surface area contributed by atoms with Crippen molar-refractivity contribution in [3.8, 4) is 0 Å². The fourth-order valence-corrected chi connectivity index (χ4v) is 2.92. The van der Waals surface area contributed by atoms with Crippen LogP contribution in [-0.2, 0) is 13.0 Å². The van der Waals surface area contributed by atoms with Gasteiger partial charge < -0.3 is 5.32 Å². The first-order chi connectivity index (χ1) is 11.1. The number of rotatable bonds is 5. The Hall–Kier alpha value is -2.63. The Bertz CT molecular complexity index is 846. The fraction of sp³-hybridized carbons (Fsp3) is 0.353. The van der Waals surface area contributed by atoms with E-state index >= 15 is 0 Å². The van der Waals surface area contributed by atoms with E-state index in [1.165, 1.54) is 11.3 Å². The van der Waals surface area contributed by atoms with Gasteiger partial charge in [-0.05, 0) is 51.0 Å². The van der Waals surface area contributed by atoms with E-state index in [0.717, 1.165) is 24.2 Å². The second-order valence-corrected chi connectivity index (χ2v) is 5.55. The van der Waals surface area contributed by atoms with Crippen LogP contribution in [0.2, 0.25) is 0 Å². The summed E-state index contributed by atoms with van der Waals surface area (Å²) in [5, 5.41) is 11.7. The van der Waals surface area contributed by atoms with Crippen LogP contribution in [0.5, 0.6) is 0 Å². The van der Waals surface area contributed by atoms with Crippen molar-refractivity contribution in [1.29, 1.82) is 0 Å². The van der Waals surface area contributed by atoms with E-state index in [1.54, 1.807) is 16.8 Å². The van der Waals surface area contributed by atoms with Crippen LogP contribution in [0, 0.1) is 13.8 Å². The highest BCUT2D eigenvalue weighted by Crippen LogP contribution is 2.13. The number of hydrogen-bond donors (Lipinski definition) is 1. The highest BCUT2D eigenvalue weighted by atomic mass is 16.1. The van der Waals surface area contributed by atoms with Crippen molar-refractivity contribution in [2.75, 3.05) is 6.54 Å². The van der Waals surface area contributed by atoms with Crippen LogP contribution in [0.25, 0.3) is 5.52 Å². The maximum absolute atomic E-state index is 12.4. The first-order valence-corrected chi connectivity index (χ1v) is 7.85. The van der Waals surface area contributed by atoms with Crippen molar-refractivity contribution in [2.45, 2.75) is 33.7 Å². The molecule has 0 aromatic carbocycles. The summed E-state index contributed by atoms with van der Waals surface area (Å²) in [6.07, 6.45) is 2.47. The zero-order valence-corrected chi connectivity index (χ0v) is 13.7. The Morgan fingerprint density at radius 3 is 2.83 bits per heavy atom. The van der Waals surface area contributed by atoms with E-state index in [-0.39, 0.29) is 5.91 Å². The van der Waals surface area contributed by atoms with E-state index in [1.807, 2.05) is 29.8 Å². The lowest BCUT2D eigenvalue weighted by atomic mass is 10.1. The summed E-state index contributed by atoms with van der Waals surface area (Å²) in [6, 6.07) is 7.45. The third-order valence-electron chi connectivity index (χ3n) is 4.15. The standard InChI is InChI=1S/C17H21N5O/c1-4-21-13(3)15(12(2)20-21)9-10-18-17(23)16-7-5-6-14-8-11-19-22(14)16/h5-8,11H,4,9-10H2,1-3H3,(H,18,23). The zero-order valence-electron chi connectivity index (χ0n) is 13.7. The van der Waals surface area contributed by atoms with Gasteiger partial charge in [-0.3, -0.25) is 9.48 Å². The first kappa shape index (κ1) is 15.3. The predicted molar refractivity (Wildman–Crippen MR) is 88.6 cm³/mol. The second-order valence-electron chi connectivity index (χ2n) is 5.55. The first-order valence-electron chi connectivity index (χ1n) is 7.85. The van der Waals surface area contributed by atoms with Gasteiger partial charge in [0, 0.05) is 18.8 Å². The smallest absolute Gasteiger partial charge is 0.269 e. The molecule has 1 amide bonds. The van der Waals surface area contributed by atoms with Crippen molar-refractivity contribution in [3.05, 3.63) is 53.1 Å².